The average molecular weight is 370 g/mol. The quantitative estimate of drug-likeness (QED) is 0.267. The fraction of sp³-hybridized carbons (Fsp3) is 0.172. The summed E-state index contributed by atoms with van der Waals surface area (Å²) in [6.45, 7) is 4.80. The third kappa shape index (κ3) is 1.81. The van der Waals surface area contributed by atoms with Gasteiger partial charge in [-0.25, -0.2) is 0 Å². The van der Waals surface area contributed by atoms with Crippen molar-refractivity contribution in [3.05, 3.63) is 106 Å². The monoisotopic (exact) mass is 370 g/mol. The molecule has 0 saturated carbocycles. The molecule has 0 bridgehead atoms. The van der Waals surface area contributed by atoms with E-state index in [4.69, 9.17) is 0 Å². The molecule has 3 aliphatic rings. The van der Waals surface area contributed by atoms with Crippen molar-refractivity contribution in [2.45, 2.75) is 32.1 Å². The van der Waals surface area contributed by atoms with Crippen LogP contribution >= 0.6 is 0 Å². The fourth-order valence-corrected chi connectivity index (χ4v) is 6.15. The van der Waals surface area contributed by atoms with E-state index in [1.807, 2.05) is 0 Å². The molecular weight excluding hydrogens is 348 g/mol. The Kier molecular flexibility index (Phi) is 2.76. The van der Waals surface area contributed by atoms with Crippen LogP contribution < -0.4 is 0 Å². The summed E-state index contributed by atoms with van der Waals surface area (Å²) in [6, 6.07) is 27.6. The zero-order valence-electron chi connectivity index (χ0n) is 16.8. The third-order valence-corrected chi connectivity index (χ3v) is 7.52. The smallest absolute Gasteiger partial charge is 0.0159 e. The number of hydrogen-bond acceptors (Lipinski definition) is 0. The maximum Gasteiger partial charge on any atom is 0.0159 e. The second kappa shape index (κ2) is 5.07. The molecule has 0 aliphatic heterocycles. The molecule has 0 nitrogen and oxygen atoms in total. The molecule has 3 aliphatic carbocycles. The Morgan fingerprint density at radius 1 is 0.483 bits per heavy atom. The van der Waals surface area contributed by atoms with E-state index >= 15 is 0 Å². The predicted molar refractivity (Wildman–Crippen MR) is 120 cm³/mol. The molecule has 0 atom stereocenters. The van der Waals surface area contributed by atoms with Gasteiger partial charge in [-0.15, -0.1) is 0 Å². The molecule has 0 heterocycles. The Balaban J connectivity index is 1.65. The molecule has 0 heteroatoms. The van der Waals surface area contributed by atoms with Gasteiger partial charge in [0.1, 0.15) is 0 Å². The zero-order chi connectivity index (χ0) is 19.3. The lowest BCUT2D eigenvalue weighted by Gasteiger charge is -2.22. The zero-order valence-corrected chi connectivity index (χ0v) is 16.8. The van der Waals surface area contributed by atoms with Gasteiger partial charge in [0.15, 0.2) is 0 Å². The minimum absolute atomic E-state index is 0.0315. The second-order valence-corrected chi connectivity index (χ2v) is 9.34. The van der Waals surface area contributed by atoms with E-state index in [0.29, 0.717) is 0 Å². The summed E-state index contributed by atoms with van der Waals surface area (Å²) in [5, 5.41) is 0. The molecule has 0 unspecified atom stereocenters. The highest BCUT2D eigenvalue weighted by Crippen LogP contribution is 2.59. The molecule has 0 aromatic heterocycles. The number of rotatable bonds is 0. The minimum atomic E-state index is 0.0315. The third-order valence-electron chi connectivity index (χ3n) is 7.52. The molecule has 7 rings (SSSR count). The van der Waals surface area contributed by atoms with Crippen LogP contribution in [0.3, 0.4) is 0 Å². The van der Waals surface area contributed by atoms with Crippen molar-refractivity contribution in [2.24, 2.45) is 0 Å². The van der Waals surface area contributed by atoms with Crippen molar-refractivity contribution in [3.63, 3.8) is 0 Å². The van der Waals surface area contributed by atoms with Gasteiger partial charge in [0.2, 0.25) is 0 Å². The van der Waals surface area contributed by atoms with Crippen molar-refractivity contribution in [1.82, 2.24) is 0 Å². The molecule has 4 aromatic rings. The van der Waals surface area contributed by atoms with Crippen LogP contribution in [0.5, 0.6) is 0 Å². The molecule has 0 radical (unpaired) electrons. The van der Waals surface area contributed by atoms with Crippen molar-refractivity contribution in [3.8, 4) is 33.4 Å². The Hall–Kier alpha value is -3.12. The van der Waals surface area contributed by atoms with E-state index in [1.54, 1.807) is 0 Å². The van der Waals surface area contributed by atoms with Gasteiger partial charge in [0.05, 0.1) is 0 Å². The van der Waals surface area contributed by atoms with Crippen LogP contribution in [0.15, 0.2) is 72.8 Å². The fourth-order valence-electron chi connectivity index (χ4n) is 6.15. The summed E-state index contributed by atoms with van der Waals surface area (Å²) in [7, 11) is 0. The van der Waals surface area contributed by atoms with Gasteiger partial charge in [0, 0.05) is 5.41 Å². The molecule has 138 valence electrons. The maximum atomic E-state index is 2.41. The molecule has 0 saturated heterocycles. The van der Waals surface area contributed by atoms with E-state index in [-0.39, 0.29) is 5.41 Å². The number of hydrogen-bond donors (Lipinski definition) is 0. The lowest BCUT2D eigenvalue weighted by Crippen LogP contribution is -2.15. The van der Waals surface area contributed by atoms with Crippen LogP contribution in [0.25, 0.3) is 33.4 Å². The molecule has 0 N–H and O–H groups in total. The van der Waals surface area contributed by atoms with Crippen molar-refractivity contribution < 1.29 is 0 Å². The second-order valence-electron chi connectivity index (χ2n) is 9.34. The van der Waals surface area contributed by atoms with Crippen LogP contribution in [-0.2, 0) is 18.3 Å². The first-order chi connectivity index (χ1) is 14.1. The van der Waals surface area contributed by atoms with Crippen LogP contribution in [-0.4, -0.2) is 0 Å². The molecule has 0 amide bonds. The van der Waals surface area contributed by atoms with Crippen LogP contribution in [0.1, 0.15) is 47.2 Å². The SMILES string of the molecule is CC1(C)c2ccc3c(c2-c2c1ccc1c2-c2ccccc2C1)-c1ccccc1C3. The molecular formula is C29H22. The summed E-state index contributed by atoms with van der Waals surface area (Å²) in [5.41, 5.74) is 17.8. The van der Waals surface area contributed by atoms with E-state index in [2.05, 4.69) is 86.6 Å². The van der Waals surface area contributed by atoms with Crippen molar-refractivity contribution in [2.75, 3.05) is 0 Å². The number of benzene rings is 4. The summed E-state index contributed by atoms with van der Waals surface area (Å²) in [4.78, 5) is 0. The first-order valence-electron chi connectivity index (χ1n) is 10.6. The summed E-state index contributed by atoms with van der Waals surface area (Å²) in [6.07, 6.45) is 2.11. The summed E-state index contributed by atoms with van der Waals surface area (Å²) >= 11 is 0. The first kappa shape index (κ1) is 15.8. The van der Waals surface area contributed by atoms with E-state index in [1.165, 1.54) is 66.8 Å². The van der Waals surface area contributed by atoms with Gasteiger partial charge in [-0.1, -0.05) is 86.6 Å². The van der Waals surface area contributed by atoms with Gasteiger partial charge < -0.3 is 0 Å². The van der Waals surface area contributed by atoms with Gasteiger partial charge in [-0.3, -0.25) is 0 Å². The Morgan fingerprint density at radius 2 is 0.931 bits per heavy atom. The first-order valence-corrected chi connectivity index (χ1v) is 10.6. The van der Waals surface area contributed by atoms with Crippen molar-refractivity contribution >= 4 is 0 Å². The predicted octanol–water partition coefficient (Wildman–Crippen LogP) is 7.14. The molecule has 29 heavy (non-hydrogen) atoms. The summed E-state index contributed by atoms with van der Waals surface area (Å²) < 4.78 is 0. The minimum Gasteiger partial charge on any atom is -0.0619 e. The van der Waals surface area contributed by atoms with Crippen molar-refractivity contribution in [1.29, 1.82) is 0 Å². The highest BCUT2D eigenvalue weighted by molar-refractivity contribution is 6.04. The highest BCUT2D eigenvalue weighted by Gasteiger charge is 2.41. The van der Waals surface area contributed by atoms with E-state index < -0.39 is 0 Å². The van der Waals surface area contributed by atoms with Crippen LogP contribution in [0.2, 0.25) is 0 Å². The van der Waals surface area contributed by atoms with Gasteiger partial charge >= 0.3 is 0 Å². The topological polar surface area (TPSA) is 0 Å². The van der Waals surface area contributed by atoms with Gasteiger partial charge in [-0.05, 0) is 79.6 Å². The van der Waals surface area contributed by atoms with Crippen LogP contribution in [0, 0.1) is 0 Å². The highest BCUT2D eigenvalue weighted by atomic mass is 14.4. The Morgan fingerprint density at radius 3 is 1.41 bits per heavy atom. The van der Waals surface area contributed by atoms with E-state index in [0.717, 1.165) is 12.8 Å². The standard InChI is InChI=1S/C29H22/c1-29(2)23-13-11-19-15-17-7-3-5-9-21(17)25(19)27(23)28-24(29)14-12-20-16-18-8-4-6-10-22(18)26(20)28/h3-14H,15-16H2,1-2H3. The summed E-state index contributed by atoms with van der Waals surface area (Å²) in [5.74, 6) is 0. The maximum absolute atomic E-state index is 2.41. The Labute approximate surface area is 171 Å². The average Bonchev–Trinajstić information content (AvgIpc) is 3.36. The van der Waals surface area contributed by atoms with Gasteiger partial charge in [0.25, 0.3) is 0 Å². The number of fused-ring (bicyclic) bond motifs is 11. The molecule has 0 fully saturated rings. The molecule has 0 spiro atoms. The van der Waals surface area contributed by atoms with Crippen LogP contribution in [0.4, 0.5) is 0 Å². The normalized spacial score (nSPS) is 15.9. The van der Waals surface area contributed by atoms with E-state index in [9.17, 15) is 0 Å². The lowest BCUT2D eigenvalue weighted by atomic mass is 9.81. The Bertz CT molecular complexity index is 1260. The molecule has 4 aromatic carbocycles. The van der Waals surface area contributed by atoms with Gasteiger partial charge in [-0.2, -0.15) is 0 Å². The largest absolute Gasteiger partial charge is 0.0619 e. The lowest BCUT2D eigenvalue weighted by molar-refractivity contribution is 0.660.